The summed E-state index contributed by atoms with van der Waals surface area (Å²) < 4.78 is 10.6. The summed E-state index contributed by atoms with van der Waals surface area (Å²) >= 11 is 0. The van der Waals surface area contributed by atoms with Gasteiger partial charge in [-0.05, 0) is 56.0 Å². The maximum absolute atomic E-state index is 11.9. The van der Waals surface area contributed by atoms with Crippen molar-refractivity contribution < 1.29 is 14.3 Å². The Morgan fingerprint density at radius 3 is 2.82 bits per heavy atom. The number of halogens is 1. The number of piperidine rings is 1. The van der Waals surface area contributed by atoms with Crippen molar-refractivity contribution in [2.45, 2.75) is 32.2 Å². The first-order valence-corrected chi connectivity index (χ1v) is 7.67. The van der Waals surface area contributed by atoms with Gasteiger partial charge in [-0.1, -0.05) is 6.07 Å². The van der Waals surface area contributed by atoms with Crippen molar-refractivity contribution in [3.63, 3.8) is 0 Å². The van der Waals surface area contributed by atoms with Crippen LogP contribution in [0.4, 0.5) is 0 Å². The van der Waals surface area contributed by atoms with Gasteiger partial charge in [0.15, 0.2) is 11.5 Å². The molecule has 3 rings (SSSR count). The molecule has 0 spiro atoms. The maximum Gasteiger partial charge on any atom is 0.231 e. The molecule has 0 unspecified atom stereocenters. The Morgan fingerprint density at radius 1 is 1.23 bits per heavy atom. The minimum Gasteiger partial charge on any atom is -0.454 e. The van der Waals surface area contributed by atoms with Crippen molar-refractivity contribution in [3.05, 3.63) is 23.8 Å². The smallest absolute Gasteiger partial charge is 0.231 e. The van der Waals surface area contributed by atoms with Crippen LogP contribution in [0.2, 0.25) is 0 Å². The number of amides is 1. The predicted molar refractivity (Wildman–Crippen MR) is 86.5 cm³/mol. The van der Waals surface area contributed by atoms with Crippen LogP contribution in [0.5, 0.6) is 11.5 Å². The number of fused-ring (bicyclic) bond motifs is 1. The highest BCUT2D eigenvalue weighted by molar-refractivity contribution is 5.85. The lowest BCUT2D eigenvalue weighted by atomic mass is 9.93. The minimum atomic E-state index is 0. The molecule has 6 heteroatoms. The van der Waals surface area contributed by atoms with Gasteiger partial charge in [-0.15, -0.1) is 12.4 Å². The number of hydrogen-bond acceptors (Lipinski definition) is 4. The van der Waals surface area contributed by atoms with Gasteiger partial charge in [-0.3, -0.25) is 4.79 Å². The van der Waals surface area contributed by atoms with Crippen LogP contribution in [0.3, 0.4) is 0 Å². The largest absolute Gasteiger partial charge is 0.454 e. The number of hydrogen-bond donors (Lipinski definition) is 2. The van der Waals surface area contributed by atoms with Crippen molar-refractivity contribution in [2.24, 2.45) is 5.92 Å². The second kappa shape index (κ2) is 8.25. The van der Waals surface area contributed by atoms with Crippen LogP contribution in [0.1, 0.15) is 31.2 Å². The van der Waals surface area contributed by atoms with Gasteiger partial charge < -0.3 is 20.1 Å². The third kappa shape index (κ3) is 4.52. The van der Waals surface area contributed by atoms with Crippen molar-refractivity contribution in [1.82, 2.24) is 10.6 Å². The van der Waals surface area contributed by atoms with Crippen molar-refractivity contribution in [2.75, 3.05) is 19.9 Å². The van der Waals surface area contributed by atoms with Crippen molar-refractivity contribution >= 4 is 18.3 Å². The van der Waals surface area contributed by atoms with E-state index in [9.17, 15) is 4.79 Å². The first-order chi connectivity index (χ1) is 10.3. The van der Waals surface area contributed by atoms with E-state index >= 15 is 0 Å². The molecular formula is C16H23ClN2O3. The fraction of sp³-hybridized carbons (Fsp3) is 0.562. The molecule has 0 aliphatic carbocycles. The Bertz CT molecular complexity index is 504. The van der Waals surface area contributed by atoms with E-state index in [1.807, 2.05) is 18.2 Å². The second-order valence-corrected chi connectivity index (χ2v) is 5.70. The van der Waals surface area contributed by atoms with Crippen LogP contribution in [-0.2, 0) is 11.3 Å². The van der Waals surface area contributed by atoms with E-state index in [0.29, 0.717) is 18.9 Å². The molecular weight excluding hydrogens is 304 g/mol. The number of carbonyl (C=O) groups excluding carboxylic acids is 1. The molecule has 1 saturated heterocycles. The van der Waals surface area contributed by atoms with Gasteiger partial charge in [-0.2, -0.15) is 0 Å². The SMILES string of the molecule is Cl.O=C(CCC1CCNCC1)NCc1ccc2c(c1)OCO2. The van der Waals surface area contributed by atoms with E-state index in [-0.39, 0.29) is 25.1 Å². The van der Waals surface area contributed by atoms with Gasteiger partial charge in [-0.25, -0.2) is 0 Å². The standard InChI is InChI=1S/C16H22N2O3.ClH/c19-16(4-2-12-5-7-17-8-6-12)18-10-13-1-3-14-15(9-13)21-11-20-14;/h1,3,9,12,17H,2,4-8,10-11H2,(H,18,19);1H. The van der Waals surface area contributed by atoms with Crippen LogP contribution in [-0.4, -0.2) is 25.8 Å². The predicted octanol–water partition coefficient (Wildman–Crippen LogP) is 2.23. The number of nitrogens with one attached hydrogen (secondary N) is 2. The Labute approximate surface area is 137 Å². The summed E-state index contributed by atoms with van der Waals surface area (Å²) in [5.41, 5.74) is 1.04. The normalized spacial score (nSPS) is 16.9. The number of benzene rings is 1. The molecule has 1 aromatic rings. The van der Waals surface area contributed by atoms with Crippen LogP contribution >= 0.6 is 12.4 Å². The topological polar surface area (TPSA) is 59.6 Å². The Balaban J connectivity index is 0.00000176. The van der Waals surface area contributed by atoms with E-state index in [0.717, 1.165) is 36.6 Å². The van der Waals surface area contributed by atoms with E-state index < -0.39 is 0 Å². The zero-order chi connectivity index (χ0) is 14.5. The lowest BCUT2D eigenvalue weighted by molar-refractivity contribution is -0.121. The summed E-state index contributed by atoms with van der Waals surface area (Å²) in [6.07, 6.45) is 3.99. The molecule has 0 saturated carbocycles. The third-order valence-electron chi connectivity index (χ3n) is 4.17. The molecule has 2 aliphatic heterocycles. The third-order valence-corrected chi connectivity index (χ3v) is 4.17. The second-order valence-electron chi connectivity index (χ2n) is 5.70. The summed E-state index contributed by atoms with van der Waals surface area (Å²) in [5.74, 6) is 2.36. The van der Waals surface area contributed by atoms with Crippen LogP contribution in [0.25, 0.3) is 0 Å². The molecule has 2 N–H and O–H groups in total. The van der Waals surface area contributed by atoms with E-state index in [1.54, 1.807) is 0 Å². The molecule has 1 aromatic carbocycles. The molecule has 22 heavy (non-hydrogen) atoms. The van der Waals surface area contributed by atoms with Gasteiger partial charge in [0.25, 0.3) is 0 Å². The molecule has 2 heterocycles. The zero-order valence-electron chi connectivity index (χ0n) is 12.6. The molecule has 1 fully saturated rings. The Morgan fingerprint density at radius 2 is 2.00 bits per heavy atom. The average molecular weight is 327 g/mol. The number of carbonyl (C=O) groups is 1. The number of ether oxygens (including phenoxy) is 2. The number of rotatable bonds is 5. The molecule has 0 aromatic heterocycles. The molecule has 0 radical (unpaired) electrons. The summed E-state index contributed by atoms with van der Waals surface area (Å²) in [6.45, 7) is 3.00. The van der Waals surface area contributed by atoms with Crippen LogP contribution < -0.4 is 20.1 Å². The van der Waals surface area contributed by atoms with Gasteiger partial charge in [0, 0.05) is 13.0 Å². The fourth-order valence-electron chi connectivity index (χ4n) is 2.85. The highest BCUT2D eigenvalue weighted by Crippen LogP contribution is 2.32. The lowest BCUT2D eigenvalue weighted by Gasteiger charge is -2.22. The highest BCUT2D eigenvalue weighted by atomic mass is 35.5. The van der Waals surface area contributed by atoms with Gasteiger partial charge in [0.1, 0.15) is 0 Å². The first-order valence-electron chi connectivity index (χ1n) is 7.67. The molecule has 5 nitrogen and oxygen atoms in total. The lowest BCUT2D eigenvalue weighted by Crippen LogP contribution is -2.29. The van der Waals surface area contributed by atoms with Crippen LogP contribution in [0.15, 0.2) is 18.2 Å². The summed E-state index contributed by atoms with van der Waals surface area (Å²) in [5, 5.41) is 6.33. The Kier molecular flexibility index (Phi) is 6.34. The highest BCUT2D eigenvalue weighted by Gasteiger charge is 2.15. The Hall–Kier alpha value is -1.46. The first kappa shape index (κ1) is 16.9. The molecule has 122 valence electrons. The van der Waals surface area contributed by atoms with E-state index in [2.05, 4.69) is 10.6 Å². The summed E-state index contributed by atoms with van der Waals surface area (Å²) in [7, 11) is 0. The van der Waals surface area contributed by atoms with E-state index in [4.69, 9.17) is 9.47 Å². The minimum absolute atomic E-state index is 0. The molecule has 0 bridgehead atoms. The van der Waals surface area contributed by atoms with Gasteiger partial charge in [0.05, 0.1) is 0 Å². The van der Waals surface area contributed by atoms with Gasteiger partial charge in [0.2, 0.25) is 12.7 Å². The molecule has 0 atom stereocenters. The van der Waals surface area contributed by atoms with Crippen molar-refractivity contribution in [3.8, 4) is 11.5 Å². The quantitative estimate of drug-likeness (QED) is 0.871. The summed E-state index contributed by atoms with van der Waals surface area (Å²) in [6, 6.07) is 5.77. The zero-order valence-corrected chi connectivity index (χ0v) is 13.4. The summed E-state index contributed by atoms with van der Waals surface area (Å²) in [4.78, 5) is 11.9. The van der Waals surface area contributed by atoms with E-state index in [1.165, 1.54) is 12.8 Å². The molecule has 1 amide bonds. The fourth-order valence-corrected chi connectivity index (χ4v) is 2.85. The maximum atomic E-state index is 11.9. The monoisotopic (exact) mass is 326 g/mol. The average Bonchev–Trinajstić information content (AvgIpc) is 2.99. The van der Waals surface area contributed by atoms with Crippen LogP contribution in [0, 0.1) is 5.92 Å². The molecule has 2 aliphatic rings. The van der Waals surface area contributed by atoms with Gasteiger partial charge >= 0.3 is 0 Å². The van der Waals surface area contributed by atoms with Crippen molar-refractivity contribution in [1.29, 1.82) is 0 Å².